The first-order valence-corrected chi connectivity index (χ1v) is 7.75. The molecule has 1 fully saturated rings. The maximum Gasteiger partial charge on any atom is 0.0440 e. The van der Waals surface area contributed by atoms with Gasteiger partial charge in [-0.1, -0.05) is 33.8 Å². The van der Waals surface area contributed by atoms with E-state index in [1.54, 1.807) is 0 Å². The van der Waals surface area contributed by atoms with Gasteiger partial charge in [-0.05, 0) is 42.0 Å². The lowest BCUT2D eigenvalue weighted by Crippen LogP contribution is -2.45. The van der Waals surface area contributed by atoms with E-state index in [4.69, 9.17) is 0 Å². The van der Waals surface area contributed by atoms with Crippen molar-refractivity contribution in [1.29, 1.82) is 0 Å². The fourth-order valence-electron chi connectivity index (χ4n) is 2.67. The van der Waals surface area contributed by atoms with E-state index in [9.17, 15) is 0 Å². The normalized spacial score (nSPS) is 26.2. The summed E-state index contributed by atoms with van der Waals surface area (Å²) in [6, 6.07) is 5.72. The molecule has 17 heavy (non-hydrogen) atoms. The molecule has 0 aliphatic heterocycles. The van der Waals surface area contributed by atoms with E-state index in [2.05, 4.69) is 50.5 Å². The van der Waals surface area contributed by atoms with Crippen LogP contribution in [0.3, 0.4) is 0 Å². The summed E-state index contributed by atoms with van der Waals surface area (Å²) in [5, 5.41) is 6.04. The minimum atomic E-state index is 0.549. The van der Waals surface area contributed by atoms with Gasteiger partial charge in [0.1, 0.15) is 0 Å². The van der Waals surface area contributed by atoms with Gasteiger partial charge in [-0.15, -0.1) is 11.3 Å². The molecular formula is C15H25NS. The van der Waals surface area contributed by atoms with Gasteiger partial charge in [0.15, 0.2) is 0 Å². The second kappa shape index (κ2) is 5.53. The topological polar surface area (TPSA) is 12.0 Å². The van der Waals surface area contributed by atoms with Crippen molar-refractivity contribution in [3.63, 3.8) is 0 Å². The molecule has 0 saturated heterocycles. The van der Waals surface area contributed by atoms with Gasteiger partial charge >= 0.3 is 0 Å². The summed E-state index contributed by atoms with van der Waals surface area (Å²) >= 11 is 1.88. The second-order valence-corrected chi connectivity index (χ2v) is 7.06. The molecule has 0 aromatic carbocycles. The Balaban J connectivity index is 1.88. The maximum atomic E-state index is 3.85. The number of hydrogen-bond donors (Lipinski definition) is 1. The Morgan fingerprint density at radius 2 is 1.94 bits per heavy atom. The maximum absolute atomic E-state index is 3.85. The van der Waals surface area contributed by atoms with Crippen LogP contribution in [0.4, 0.5) is 0 Å². The fourth-order valence-corrected chi connectivity index (χ4v) is 3.63. The Labute approximate surface area is 110 Å². The summed E-state index contributed by atoms with van der Waals surface area (Å²) in [5.41, 5.74) is 0. The molecule has 1 unspecified atom stereocenters. The van der Waals surface area contributed by atoms with Crippen LogP contribution in [-0.2, 0) is 0 Å². The van der Waals surface area contributed by atoms with E-state index in [1.807, 2.05) is 11.3 Å². The first kappa shape index (κ1) is 13.1. The zero-order chi connectivity index (χ0) is 12.4. The zero-order valence-electron chi connectivity index (χ0n) is 11.4. The van der Waals surface area contributed by atoms with Crippen LogP contribution in [0.15, 0.2) is 17.5 Å². The summed E-state index contributed by atoms with van der Waals surface area (Å²) in [6.45, 7) is 9.33. The predicted octanol–water partition coefficient (Wildman–Crippen LogP) is 4.47. The van der Waals surface area contributed by atoms with Gasteiger partial charge in [-0.25, -0.2) is 0 Å². The Morgan fingerprint density at radius 1 is 1.24 bits per heavy atom. The van der Waals surface area contributed by atoms with Crippen LogP contribution >= 0.6 is 11.3 Å². The highest BCUT2D eigenvalue weighted by Gasteiger charge is 2.33. The van der Waals surface area contributed by atoms with Crippen LogP contribution in [0, 0.1) is 17.8 Å². The highest BCUT2D eigenvalue weighted by atomic mass is 32.1. The van der Waals surface area contributed by atoms with E-state index in [0.717, 1.165) is 17.9 Å². The summed E-state index contributed by atoms with van der Waals surface area (Å²) in [5.74, 6) is 2.47. The molecule has 1 aliphatic carbocycles. The minimum Gasteiger partial charge on any atom is -0.306 e. The van der Waals surface area contributed by atoms with E-state index < -0.39 is 0 Å². The van der Waals surface area contributed by atoms with Crippen LogP contribution in [-0.4, -0.2) is 6.04 Å². The van der Waals surface area contributed by atoms with Gasteiger partial charge in [-0.2, -0.15) is 0 Å². The monoisotopic (exact) mass is 251 g/mol. The molecule has 1 heterocycles. The fraction of sp³-hybridized carbons (Fsp3) is 0.733. The van der Waals surface area contributed by atoms with Crippen molar-refractivity contribution in [1.82, 2.24) is 5.32 Å². The van der Waals surface area contributed by atoms with E-state index >= 15 is 0 Å². The molecule has 2 heteroatoms. The predicted molar refractivity (Wildman–Crippen MR) is 76.4 cm³/mol. The van der Waals surface area contributed by atoms with Crippen molar-refractivity contribution >= 4 is 11.3 Å². The van der Waals surface area contributed by atoms with Crippen molar-refractivity contribution < 1.29 is 0 Å². The molecule has 1 saturated carbocycles. The van der Waals surface area contributed by atoms with Gasteiger partial charge in [0.05, 0.1) is 0 Å². The first-order chi connectivity index (χ1) is 8.08. The second-order valence-electron chi connectivity index (χ2n) is 6.08. The number of nitrogens with one attached hydrogen (secondary N) is 1. The molecular weight excluding hydrogens is 226 g/mol. The van der Waals surface area contributed by atoms with Crippen molar-refractivity contribution in [3.05, 3.63) is 22.4 Å². The molecule has 0 amide bonds. The highest BCUT2D eigenvalue weighted by molar-refractivity contribution is 7.10. The molecule has 96 valence electrons. The molecule has 1 nitrogen and oxygen atoms in total. The van der Waals surface area contributed by atoms with Crippen LogP contribution in [0.25, 0.3) is 0 Å². The van der Waals surface area contributed by atoms with E-state index in [-0.39, 0.29) is 0 Å². The van der Waals surface area contributed by atoms with E-state index in [1.165, 1.54) is 17.7 Å². The molecule has 2 rings (SSSR count). The van der Waals surface area contributed by atoms with Crippen molar-refractivity contribution in [2.45, 2.75) is 52.6 Å². The molecule has 0 radical (unpaired) electrons. The van der Waals surface area contributed by atoms with Gasteiger partial charge < -0.3 is 5.32 Å². The number of rotatable bonds is 5. The van der Waals surface area contributed by atoms with Gasteiger partial charge in [0, 0.05) is 17.0 Å². The summed E-state index contributed by atoms with van der Waals surface area (Å²) in [7, 11) is 0. The lowest BCUT2D eigenvalue weighted by Gasteiger charge is -2.41. The third kappa shape index (κ3) is 3.11. The molecule has 1 aliphatic rings. The Hall–Kier alpha value is -0.340. The average Bonchev–Trinajstić information content (AvgIpc) is 2.67. The third-order valence-electron chi connectivity index (χ3n) is 4.05. The lowest BCUT2D eigenvalue weighted by atomic mass is 9.73. The standard InChI is InChI=1S/C15H25NS/c1-10(2)12-8-13(9-12)16-15(11(3)4)14-6-5-7-17-14/h5-7,10-13,15-16H,8-9H2,1-4H3. The van der Waals surface area contributed by atoms with Crippen LogP contribution in [0.2, 0.25) is 0 Å². The summed E-state index contributed by atoms with van der Waals surface area (Å²) < 4.78 is 0. The number of hydrogen-bond acceptors (Lipinski definition) is 2. The smallest absolute Gasteiger partial charge is 0.0440 e. The van der Waals surface area contributed by atoms with E-state index in [0.29, 0.717) is 12.0 Å². The Bertz CT molecular complexity index is 323. The van der Waals surface area contributed by atoms with Gasteiger partial charge in [0.2, 0.25) is 0 Å². The highest BCUT2D eigenvalue weighted by Crippen LogP contribution is 2.36. The average molecular weight is 251 g/mol. The third-order valence-corrected chi connectivity index (χ3v) is 5.00. The Morgan fingerprint density at radius 3 is 2.41 bits per heavy atom. The molecule has 1 aromatic rings. The van der Waals surface area contributed by atoms with Crippen molar-refractivity contribution in [3.8, 4) is 0 Å². The van der Waals surface area contributed by atoms with Crippen LogP contribution < -0.4 is 5.32 Å². The summed E-state index contributed by atoms with van der Waals surface area (Å²) in [6.07, 6.45) is 2.73. The number of thiophene rings is 1. The lowest BCUT2D eigenvalue weighted by molar-refractivity contribution is 0.149. The SMILES string of the molecule is CC(C)C1CC(NC(c2cccs2)C(C)C)C1. The molecule has 1 aromatic heterocycles. The molecule has 1 atom stereocenters. The zero-order valence-corrected chi connectivity index (χ0v) is 12.3. The molecule has 0 spiro atoms. The quantitative estimate of drug-likeness (QED) is 0.814. The van der Waals surface area contributed by atoms with Crippen molar-refractivity contribution in [2.75, 3.05) is 0 Å². The molecule has 1 N–H and O–H groups in total. The van der Waals surface area contributed by atoms with Gasteiger partial charge in [0.25, 0.3) is 0 Å². The summed E-state index contributed by atoms with van der Waals surface area (Å²) in [4.78, 5) is 1.49. The Kier molecular flexibility index (Phi) is 4.26. The largest absolute Gasteiger partial charge is 0.306 e. The van der Waals surface area contributed by atoms with Crippen LogP contribution in [0.1, 0.15) is 51.5 Å². The van der Waals surface area contributed by atoms with Gasteiger partial charge in [-0.3, -0.25) is 0 Å². The molecule has 0 bridgehead atoms. The minimum absolute atomic E-state index is 0.549. The van der Waals surface area contributed by atoms with Crippen LogP contribution in [0.5, 0.6) is 0 Å². The first-order valence-electron chi connectivity index (χ1n) is 6.87. The van der Waals surface area contributed by atoms with Crippen molar-refractivity contribution in [2.24, 2.45) is 17.8 Å².